The van der Waals surface area contributed by atoms with Crippen LogP contribution in [0.4, 0.5) is 0 Å². The fourth-order valence-corrected chi connectivity index (χ4v) is 3.55. The van der Waals surface area contributed by atoms with Crippen LogP contribution in [0.3, 0.4) is 0 Å². The van der Waals surface area contributed by atoms with Crippen molar-refractivity contribution in [1.29, 1.82) is 0 Å². The van der Waals surface area contributed by atoms with E-state index in [9.17, 15) is 4.79 Å². The topological polar surface area (TPSA) is 29.1 Å². The summed E-state index contributed by atoms with van der Waals surface area (Å²) >= 11 is 6.15. The van der Waals surface area contributed by atoms with E-state index in [4.69, 9.17) is 11.6 Å². The molecule has 1 rings (SSSR count). The average molecular weight is 268 g/mol. The average Bonchev–Trinajstić information content (AvgIpc) is 2.24. The number of carbonyl (C=O) groups excluding carboxylic acids is 1. The third-order valence-electron chi connectivity index (χ3n) is 2.43. The van der Waals surface area contributed by atoms with Crippen molar-refractivity contribution >= 4 is 30.8 Å². The number of amides is 1. The molecule has 0 aromatic heterocycles. The van der Waals surface area contributed by atoms with Gasteiger partial charge in [0.2, 0.25) is 0 Å². The monoisotopic (exact) mass is 267 g/mol. The molecule has 0 aliphatic heterocycles. The van der Waals surface area contributed by atoms with E-state index < -0.39 is 8.07 Å². The first-order valence-electron chi connectivity index (χ1n) is 5.59. The second kappa shape index (κ2) is 5.51. The van der Waals surface area contributed by atoms with E-state index in [0.717, 1.165) is 5.19 Å². The summed E-state index contributed by atoms with van der Waals surface area (Å²) in [5.41, 5.74) is 0.617. The van der Waals surface area contributed by atoms with Gasteiger partial charge < -0.3 is 5.32 Å². The second-order valence-corrected chi connectivity index (χ2v) is 10.3. The van der Waals surface area contributed by atoms with Gasteiger partial charge in [-0.1, -0.05) is 49.5 Å². The van der Waals surface area contributed by atoms with Crippen LogP contribution in [0.1, 0.15) is 17.3 Å². The van der Waals surface area contributed by atoms with Crippen molar-refractivity contribution in [3.8, 4) is 0 Å². The number of hydrogen-bond acceptors (Lipinski definition) is 1. The predicted molar refractivity (Wildman–Crippen MR) is 76.7 cm³/mol. The van der Waals surface area contributed by atoms with Crippen LogP contribution in [0.2, 0.25) is 24.7 Å². The SMILES string of the molecule is CC=CNC(=O)c1c(Cl)cccc1[Si](C)(C)C. The van der Waals surface area contributed by atoms with Gasteiger partial charge >= 0.3 is 0 Å². The van der Waals surface area contributed by atoms with E-state index in [1.54, 1.807) is 18.3 Å². The lowest BCUT2D eigenvalue weighted by Crippen LogP contribution is -2.43. The Kier molecular flexibility index (Phi) is 4.54. The molecule has 0 heterocycles. The maximum absolute atomic E-state index is 12.1. The number of nitrogens with one attached hydrogen (secondary N) is 1. The molecule has 0 fully saturated rings. The highest BCUT2D eigenvalue weighted by Crippen LogP contribution is 2.17. The van der Waals surface area contributed by atoms with Crippen LogP contribution < -0.4 is 10.5 Å². The Balaban J connectivity index is 3.26. The molecule has 17 heavy (non-hydrogen) atoms. The molecule has 0 saturated heterocycles. The van der Waals surface area contributed by atoms with Crippen molar-refractivity contribution in [1.82, 2.24) is 5.32 Å². The Bertz CT molecular complexity index is 449. The van der Waals surface area contributed by atoms with Crippen LogP contribution in [0, 0.1) is 0 Å². The molecule has 0 radical (unpaired) electrons. The molecule has 0 spiro atoms. The summed E-state index contributed by atoms with van der Waals surface area (Å²) in [6, 6.07) is 5.67. The van der Waals surface area contributed by atoms with Gasteiger partial charge in [0.05, 0.1) is 18.7 Å². The minimum Gasteiger partial charge on any atom is -0.329 e. The van der Waals surface area contributed by atoms with Gasteiger partial charge in [-0.25, -0.2) is 0 Å². The Morgan fingerprint density at radius 1 is 1.35 bits per heavy atom. The number of allylic oxidation sites excluding steroid dienone is 1. The standard InChI is InChI=1S/C13H18ClNOSi/c1-5-9-15-13(16)12-10(14)7-6-8-11(12)17(2,3)4/h5-9H,1-4H3,(H,15,16). The van der Waals surface area contributed by atoms with E-state index in [1.165, 1.54) is 0 Å². The second-order valence-electron chi connectivity index (χ2n) is 4.89. The van der Waals surface area contributed by atoms with Crippen molar-refractivity contribution in [2.75, 3.05) is 0 Å². The zero-order valence-electron chi connectivity index (χ0n) is 10.7. The molecular formula is C13H18ClNOSi. The molecule has 4 heteroatoms. The fraction of sp³-hybridized carbons (Fsp3) is 0.308. The van der Waals surface area contributed by atoms with Gasteiger partial charge in [-0.05, 0) is 24.4 Å². The first kappa shape index (κ1) is 14.0. The Hall–Kier alpha value is -1.06. The highest BCUT2D eigenvalue weighted by Gasteiger charge is 2.24. The quantitative estimate of drug-likeness (QED) is 0.838. The van der Waals surface area contributed by atoms with Gasteiger partial charge in [-0.2, -0.15) is 0 Å². The van der Waals surface area contributed by atoms with Gasteiger partial charge in [0.25, 0.3) is 5.91 Å². The summed E-state index contributed by atoms with van der Waals surface area (Å²) in [7, 11) is -1.58. The van der Waals surface area contributed by atoms with Crippen LogP contribution in [0.25, 0.3) is 0 Å². The number of rotatable bonds is 3. The van der Waals surface area contributed by atoms with Gasteiger partial charge in [-0.15, -0.1) is 0 Å². The maximum atomic E-state index is 12.1. The first-order chi connectivity index (χ1) is 7.88. The third-order valence-corrected chi connectivity index (χ3v) is 4.78. The number of benzene rings is 1. The molecule has 0 aliphatic carbocycles. The van der Waals surface area contributed by atoms with Gasteiger partial charge in [0, 0.05) is 0 Å². The maximum Gasteiger partial charge on any atom is 0.256 e. The lowest BCUT2D eigenvalue weighted by Gasteiger charge is -2.21. The zero-order valence-corrected chi connectivity index (χ0v) is 12.4. The molecule has 0 unspecified atom stereocenters. The molecule has 1 amide bonds. The van der Waals surface area contributed by atoms with Gasteiger partial charge in [0.1, 0.15) is 0 Å². The molecule has 0 aliphatic rings. The molecule has 1 aromatic rings. The Morgan fingerprint density at radius 3 is 2.53 bits per heavy atom. The van der Waals surface area contributed by atoms with Crippen molar-refractivity contribution in [2.24, 2.45) is 0 Å². The van der Waals surface area contributed by atoms with Crippen LogP contribution in [-0.4, -0.2) is 14.0 Å². The number of halogens is 1. The minimum atomic E-state index is -1.58. The molecule has 2 nitrogen and oxygen atoms in total. The summed E-state index contributed by atoms with van der Waals surface area (Å²) in [4.78, 5) is 12.1. The van der Waals surface area contributed by atoms with Crippen molar-refractivity contribution in [3.63, 3.8) is 0 Å². The summed E-state index contributed by atoms with van der Waals surface area (Å²) in [6.45, 7) is 8.45. The summed E-state index contributed by atoms with van der Waals surface area (Å²) in [5, 5.41) is 4.33. The van der Waals surface area contributed by atoms with E-state index >= 15 is 0 Å². The molecule has 0 saturated carbocycles. The van der Waals surface area contributed by atoms with Crippen molar-refractivity contribution < 1.29 is 4.79 Å². The largest absolute Gasteiger partial charge is 0.329 e. The molecule has 1 aromatic carbocycles. The van der Waals surface area contributed by atoms with Crippen LogP contribution in [0.5, 0.6) is 0 Å². The van der Waals surface area contributed by atoms with Crippen LogP contribution in [0.15, 0.2) is 30.5 Å². The zero-order chi connectivity index (χ0) is 13.1. The van der Waals surface area contributed by atoms with E-state index in [1.807, 2.05) is 19.1 Å². The summed E-state index contributed by atoms with van der Waals surface area (Å²) < 4.78 is 0. The number of carbonyl (C=O) groups is 1. The van der Waals surface area contributed by atoms with Gasteiger partial charge in [0.15, 0.2) is 0 Å². The fourth-order valence-electron chi connectivity index (χ4n) is 1.61. The summed E-state index contributed by atoms with van der Waals surface area (Å²) in [5.74, 6) is -0.133. The van der Waals surface area contributed by atoms with Crippen LogP contribution >= 0.6 is 11.6 Å². The summed E-state index contributed by atoms with van der Waals surface area (Å²) in [6.07, 6.45) is 3.41. The van der Waals surface area contributed by atoms with Crippen LogP contribution in [-0.2, 0) is 0 Å². The highest BCUT2D eigenvalue weighted by atomic mass is 35.5. The Labute approximate surface area is 109 Å². The van der Waals surface area contributed by atoms with Crippen molar-refractivity contribution in [2.45, 2.75) is 26.6 Å². The van der Waals surface area contributed by atoms with E-state index in [2.05, 4.69) is 25.0 Å². The van der Waals surface area contributed by atoms with Gasteiger partial charge in [-0.3, -0.25) is 4.79 Å². The molecule has 0 bridgehead atoms. The van der Waals surface area contributed by atoms with E-state index in [-0.39, 0.29) is 5.91 Å². The number of hydrogen-bond donors (Lipinski definition) is 1. The van der Waals surface area contributed by atoms with E-state index in [0.29, 0.717) is 10.6 Å². The predicted octanol–water partition coefficient (Wildman–Crippen LogP) is 3.15. The first-order valence-corrected chi connectivity index (χ1v) is 9.46. The molecule has 0 atom stereocenters. The Morgan fingerprint density at radius 2 is 2.00 bits per heavy atom. The normalized spacial score (nSPS) is 11.8. The smallest absolute Gasteiger partial charge is 0.256 e. The lowest BCUT2D eigenvalue weighted by molar-refractivity contribution is 0.0971. The third kappa shape index (κ3) is 3.45. The highest BCUT2D eigenvalue weighted by molar-refractivity contribution is 6.89. The molecule has 1 N–H and O–H groups in total. The lowest BCUT2D eigenvalue weighted by atomic mass is 10.2. The molecule has 92 valence electrons. The minimum absolute atomic E-state index is 0.133. The van der Waals surface area contributed by atoms with Crippen molar-refractivity contribution in [3.05, 3.63) is 41.1 Å². The molecular weight excluding hydrogens is 250 g/mol.